The van der Waals surface area contributed by atoms with Crippen LogP contribution in [0.5, 0.6) is 0 Å². The number of hydrogen-bond donors (Lipinski definition) is 1. The largest absolute Gasteiger partial charge is 0.393 e. The van der Waals surface area contributed by atoms with Gasteiger partial charge in [0.1, 0.15) is 5.65 Å². The Kier molecular flexibility index (Phi) is 3.71. The van der Waals surface area contributed by atoms with Crippen LogP contribution in [0.4, 0.5) is 0 Å². The topological polar surface area (TPSA) is 43.3 Å². The lowest BCUT2D eigenvalue weighted by Crippen LogP contribution is -2.18. The van der Waals surface area contributed by atoms with E-state index in [2.05, 4.69) is 36.4 Å². The van der Waals surface area contributed by atoms with Crippen molar-refractivity contribution in [3.8, 4) is 11.3 Å². The number of fused-ring (bicyclic) bond motifs is 1. The van der Waals surface area contributed by atoms with E-state index in [0.29, 0.717) is 4.99 Å². The van der Waals surface area contributed by atoms with E-state index >= 15 is 0 Å². The Balaban J connectivity index is 2.33. The molecule has 0 aliphatic carbocycles. The van der Waals surface area contributed by atoms with Crippen LogP contribution in [0.3, 0.4) is 0 Å². The Morgan fingerprint density at radius 2 is 2.00 bits per heavy atom. The molecule has 3 aromatic rings. The normalized spacial score (nSPS) is 12.5. The van der Waals surface area contributed by atoms with Gasteiger partial charge >= 0.3 is 0 Å². The van der Waals surface area contributed by atoms with Crippen molar-refractivity contribution in [2.24, 2.45) is 5.73 Å². The van der Waals surface area contributed by atoms with Crippen LogP contribution in [0.2, 0.25) is 0 Å². The molecule has 1 unspecified atom stereocenters. The summed E-state index contributed by atoms with van der Waals surface area (Å²) < 4.78 is 2.08. The van der Waals surface area contributed by atoms with Crippen molar-refractivity contribution in [3.05, 3.63) is 59.4 Å². The fourth-order valence-corrected chi connectivity index (χ4v) is 2.95. The minimum absolute atomic E-state index is 0.0388. The number of thiocarbonyl (C=S) groups is 1. The maximum Gasteiger partial charge on any atom is 0.137 e. The van der Waals surface area contributed by atoms with Gasteiger partial charge in [-0.25, -0.2) is 4.98 Å². The molecule has 0 fully saturated rings. The van der Waals surface area contributed by atoms with E-state index in [1.54, 1.807) is 0 Å². The monoisotopic (exact) mass is 309 g/mol. The van der Waals surface area contributed by atoms with Crippen molar-refractivity contribution in [2.45, 2.75) is 26.7 Å². The van der Waals surface area contributed by atoms with Gasteiger partial charge in [0.15, 0.2) is 0 Å². The minimum Gasteiger partial charge on any atom is -0.393 e. The highest BCUT2D eigenvalue weighted by atomic mass is 32.1. The fraction of sp³-hybridized carbons (Fsp3) is 0.222. The van der Waals surface area contributed by atoms with Gasteiger partial charge in [0.25, 0.3) is 0 Å². The van der Waals surface area contributed by atoms with E-state index in [0.717, 1.165) is 22.6 Å². The van der Waals surface area contributed by atoms with Gasteiger partial charge in [0.05, 0.1) is 16.4 Å². The predicted octanol–water partition coefficient (Wildman–Crippen LogP) is 4.01. The molecule has 3 rings (SSSR count). The molecule has 2 aromatic heterocycles. The second-order valence-corrected chi connectivity index (χ2v) is 6.19. The Hall–Kier alpha value is -2.20. The number of nitrogens with two attached hydrogens (primary N) is 1. The average molecular weight is 309 g/mol. The van der Waals surface area contributed by atoms with E-state index in [4.69, 9.17) is 22.9 Å². The first-order valence-electron chi connectivity index (χ1n) is 7.33. The third-order valence-electron chi connectivity index (χ3n) is 4.04. The van der Waals surface area contributed by atoms with Crippen molar-refractivity contribution in [1.82, 2.24) is 9.38 Å². The van der Waals surface area contributed by atoms with Crippen LogP contribution < -0.4 is 5.73 Å². The molecule has 1 atom stereocenters. The zero-order chi connectivity index (χ0) is 15.9. The lowest BCUT2D eigenvalue weighted by atomic mass is 9.97. The molecule has 4 heteroatoms. The Morgan fingerprint density at radius 1 is 1.23 bits per heavy atom. The quantitative estimate of drug-likeness (QED) is 0.743. The maximum atomic E-state index is 5.92. The third-order valence-corrected chi connectivity index (χ3v) is 4.39. The molecule has 0 saturated carbocycles. The average Bonchev–Trinajstić information content (AvgIpc) is 2.85. The van der Waals surface area contributed by atoms with Crippen LogP contribution in [0, 0.1) is 13.8 Å². The minimum atomic E-state index is -0.0388. The lowest BCUT2D eigenvalue weighted by Gasteiger charge is -2.13. The molecule has 2 heterocycles. The third kappa shape index (κ3) is 2.40. The number of nitrogens with zero attached hydrogens (tertiary/aromatic N) is 2. The first-order chi connectivity index (χ1) is 10.5. The molecule has 0 saturated heterocycles. The number of aromatic nitrogens is 2. The van der Waals surface area contributed by atoms with Crippen LogP contribution in [0.15, 0.2) is 42.6 Å². The second kappa shape index (κ2) is 5.54. The van der Waals surface area contributed by atoms with E-state index in [1.165, 1.54) is 11.1 Å². The summed E-state index contributed by atoms with van der Waals surface area (Å²) in [7, 11) is 0. The molecule has 0 bridgehead atoms. The van der Waals surface area contributed by atoms with Crippen molar-refractivity contribution >= 4 is 22.9 Å². The van der Waals surface area contributed by atoms with Crippen molar-refractivity contribution < 1.29 is 0 Å². The van der Waals surface area contributed by atoms with Crippen LogP contribution in [0.1, 0.15) is 29.7 Å². The molecule has 0 aliphatic rings. The molecule has 0 spiro atoms. The first-order valence-corrected chi connectivity index (χ1v) is 7.74. The molecular weight excluding hydrogens is 290 g/mol. The molecule has 2 N–H and O–H groups in total. The summed E-state index contributed by atoms with van der Waals surface area (Å²) in [4.78, 5) is 5.31. The van der Waals surface area contributed by atoms with Crippen LogP contribution in [0.25, 0.3) is 16.9 Å². The van der Waals surface area contributed by atoms with Gasteiger partial charge in [0, 0.05) is 17.7 Å². The molecule has 0 aliphatic heterocycles. The molecule has 0 radical (unpaired) electrons. The summed E-state index contributed by atoms with van der Waals surface area (Å²) in [6, 6.07) is 12.4. The Bertz CT molecular complexity index is 864. The van der Waals surface area contributed by atoms with Crippen molar-refractivity contribution in [3.63, 3.8) is 0 Å². The molecule has 112 valence electrons. The standard InChI is InChI=1S/C18H19N3S/c1-11-7-8-14(12(2)10-11)16-17(13(3)18(19)22)21-9-5-4-6-15(21)20-16/h4-10,13H,1-3H3,(H2,19,22). The smallest absolute Gasteiger partial charge is 0.137 e. The van der Waals surface area contributed by atoms with E-state index in [1.807, 2.05) is 31.3 Å². The van der Waals surface area contributed by atoms with Gasteiger partial charge in [-0.15, -0.1) is 0 Å². The van der Waals surface area contributed by atoms with Crippen LogP contribution >= 0.6 is 12.2 Å². The Morgan fingerprint density at radius 3 is 2.68 bits per heavy atom. The molecule has 22 heavy (non-hydrogen) atoms. The van der Waals surface area contributed by atoms with Gasteiger partial charge in [-0.1, -0.05) is 49.0 Å². The second-order valence-electron chi connectivity index (χ2n) is 5.72. The highest BCUT2D eigenvalue weighted by Crippen LogP contribution is 2.32. The maximum absolute atomic E-state index is 5.92. The predicted molar refractivity (Wildman–Crippen MR) is 95.3 cm³/mol. The molecule has 1 aromatic carbocycles. The zero-order valence-electron chi connectivity index (χ0n) is 13.0. The van der Waals surface area contributed by atoms with Crippen LogP contribution in [-0.2, 0) is 0 Å². The molecular formula is C18H19N3S. The highest BCUT2D eigenvalue weighted by molar-refractivity contribution is 7.80. The van der Waals surface area contributed by atoms with Gasteiger partial charge in [-0.3, -0.25) is 0 Å². The summed E-state index contributed by atoms with van der Waals surface area (Å²) in [5, 5.41) is 0. The van der Waals surface area contributed by atoms with Gasteiger partial charge in [0.2, 0.25) is 0 Å². The van der Waals surface area contributed by atoms with Crippen molar-refractivity contribution in [1.29, 1.82) is 0 Å². The van der Waals surface area contributed by atoms with Gasteiger partial charge in [-0.2, -0.15) is 0 Å². The van der Waals surface area contributed by atoms with Crippen molar-refractivity contribution in [2.75, 3.05) is 0 Å². The first kappa shape index (κ1) is 14.7. The summed E-state index contributed by atoms with van der Waals surface area (Å²) in [6.45, 7) is 6.24. The highest BCUT2D eigenvalue weighted by Gasteiger charge is 2.21. The number of pyridine rings is 1. The summed E-state index contributed by atoms with van der Waals surface area (Å²) >= 11 is 5.23. The molecule has 0 amide bonds. The van der Waals surface area contributed by atoms with Gasteiger partial charge in [-0.05, 0) is 31.5 Å². The van der Waals surface area contributed by atoms with E-state index < -0.39 is 0 Å². The number of rotatable bonds is 3. The number of imidazole rings is 1. The molecule has 3 nitrogen and oxygen atoms in total. The van der Waals surface area contributed by atoms with E-state index in [9.17, 15) is 0 Å². The number of benzene rings is 1. The summed E-state index contributed by atoms with van der Waals surface area (Å²) in [5.74, 6) is -0.0388. The van der Waals surface area contributed by atoms with E-state index in [-0.39, 0.29) is 5.92 Å². The SMILES string of the molecule is Cc1ccc(-c2nc3ccccn3c2C(C)C(N)=S)c(C)c1. The van der Waals surface area contributed by atoms with Crippen LogP contribution in [-0.4, -0.2) is 14.4 Å². The Labute approximate surface area is 135 Å². The fourth-order valence-electron chi connectivity index (χ4n) is 2.84. The summed E-state index contributed by atoms with van der Waals surface area (Å²) in [5.41, 5.74) is 12.4. The zero-order valence-corrected chi connectivity index (χ0v) is 13.8. The lowest BCUT2D eigenvalue weighted by molar-refractivity contribution is 0.930. The van der Waals surface area contributed by atoms with Gasteiger partial charge < -0.3 is 10.1 Å². The number of hydrogen-bond acceptors (Lipinski definition) is 2. The number of aryl methyl sites for hydroxylation is 2. The summed E-state index contributed by atoms with van der Waals surface area (Å²) in [6.07, 6.45) is 2.01.